The number of nitrogens with one attached hydrogen (secondary N) is 1. The van der Waals surface area contributed by atoms with E-state index in [4.69, 9.17) is 14.2 Å². The minimum atomic E-state index is 0.676. The molecule has 4 heteroatoms. The summed E-state index contributed by atoms with van der Waals surface area (Å²) in [6, 6.07) is 0. The fraction of sp³-hybridized carbons (Fsp3) is 0.833. The van der Waals surface area contributed by atoms with Crippen LogP contribution < -0.4 is 5.32 Å². The highest BCUT2D eigenvalue weighted by Crippen LogP contribution is 2.04. The molecule has 94 valence electrons. The second-order valence-electron chi connectivity index (χ2n) is 3.83. The summed E-state index contributed by atoms with van der Waals surface area (Å²) in [5.41, 5.74) is 1.40. The van der Waals surface area contributed by atoms with Crippen LogP contribution in [-0.4, -0.2) is 53.2 Å². The molecule has 0 aromatic heterocycles. The quantitative estimate of drug-likeness (QED) is 0.472. The lowest BCUT2D eigenvalue weighted by molar-refractivity contribution is 0.0463. The van der Waals surface area contributed by atoms with Gasteiger partial charge in [-0.05, 0) is 25.0 Å². The Bertz CT molecular complexity index is 195. The van der Waals surface area contributed by atoms with Crippen LogP contribution in [0.25, 0.3) is 0 Å². The van der Waals surface area contributed by atoms with Crippen LogP contribution in [0.15, 0.2) is 11.6 Å². The average Bonchev–Trinajstić information content (AvgIpc) is 2.34. The second-order valence-corrected chi connectivity index (χ2v) is 3.83. The first kappa shape index (κ1) is 13.6. The molecule has 0 spiro atoms. The normalized spacial score (nSPS) is 16.2. The molecule has 0 aromatic rings. The lowest BCUT2D eigenvalue weighted by Gasteiger charge is -2.14. The zero-order chi connectivity index (χ0) is 11.5. The van der Waals surface area contributed by atoms with E-state index >= 15 is 0 Å². The highest BCUT2D eigenvalue weighted by atomic mass is 16.5. The largest absolute Gasteiger partial charge is 0.385 e. The van der Waals surface area contributed by atoms with Gasteiger partial charge in [-0.1, -0.05) is 6.08 Å². The van der Waals surface area contributed by atoms with E-state index < -0.39 is 0 Å². The van der Waals surface area contributed by atoms with E-state index in [1.165, 1.54) is 5.57 Å². The lowest BCUT2D eigenvalue weighted by Crippen LogP contribution is -2.22. The fourth-order valence-corrected chi connectivity index (χ4v) is 1.53. The Morgan fingerprint density at radius 3 is 2.81 bits per heavy atom. The van der Waals surface area contributed by atoms with Gasteiger partial charge in [-0.2, -0.15) is 0 Å². The molecular weight excluding hydrogens is 206 g/mol. The third-order valence-electron chi connectivity index (χ3n) is 2.45. The molecule has 16 heavy (non-hydrogen) atoms. The maximum atomic E-state index is 5.53. The second kappa shape index (κ2) is 9.78. The van der Waals surface area contributed by atoms with Gasteiger partial charge >= 0.3 is 0 Å². The molecule has 1 heterocycles. The number of hydrogen-bond acceptors (Lipinski definition) is 4. The van der Waals surface area contributed by atoms with E-state index in [1.54, 1.807) is 7.11 Å². The molecule has 1 aliphatic rings. The third kappa shape index (κ3) is 6.95. The Labute approximate surface area is 97.9 Å². The molecule has 1 aliphatic heterocycles. The summed E-state index contributed by atoms with van der Waals surface area (Å²) in [6.07, 6.45) is 4.27. The van der Waals surface area contributed by atoms with Crippen molar-refractivity contribution in [2.45, 2.75) is 12.8 Å². The van der Waals surface area contributed by atoms with Crippen LogP contribution in [0.2, 0.25) is 0 Å². The molecule has 0 saturated heterocycles. The first-order valence-electron chi connectivity index (χ1n) is 5.96. The monoisotopic (exact) mass is 229 g/mol. The van der Waals surface area contributed by atoms with Gasteiger partial charge in [0.05, 0.1) is 19.8 Å². The summed E-state index contributed by atoms with van der Waals surface area (Å²) in [5, 5.41) is 3.28. The first-order valence-corrected chi connectivity index (χ1v) is 5.96. The molecule has 0 fully saturated rings. The van der Waals surface area contributed by atoms with Crippen molar-refractivity contribution in [3.63, 3.8) is 0 Å². The summed E-state index contributed by atoms with van der Waals surface area (Å²) in [4.78, 5) is 0. The van der Waals surface area contributed by atoms with Crippen LogP contribution in [0, 0.1) is 0 Å². The lowest BCUT2D eigenvalue weighted by atomic mass is 10.1. The molecule has 0 atom stereocenters. The van der Waals surface area contributed by atoms with Gasteiger partial charge in [-0.3, -0.25) is 0 Å². The maximum Gasteiger partial charge on any atom is 0.0704 e. The van der Waals surface area contributed by atoms with Crippen molar-refractivity contribution in [2.75, 3.05) is 53.2 Å². The molecule has 0 bridgehead atoms. The van der Waals surface area contributed by atoms with Gasteiger partial charge in [0.2, 0.25) is 0 Å². The van der Waals surface area contributed by atoms with Crippen LogP contribution in [0.4, 0.5) is 0 Å². The fourth-order valence-electron chi connectivity index (χ4n) is 1.53. The third-order valence-corrected chi connectivity index (χ3v) is 2.45. The summed E-state index contributed by atoms with van der Waals surface area (Å²) in [6.45, 7) is 5.68. The van der Waals surface area contributed by atoms with Crippen molar-refractivity contribution in [2.24, 2.45) is 0 Å². The molecule has 0 aromatic carbocycles. The van der Waals surface area contributed by atoms with Gasteiger partial charge < -0.3 is 19.5 Å². The molecule has 0 amide bonds. The molecule has 0 saturated carbocycles. The molecule has 4 nitrogen and oxygen atoms in total. The van der Waals surface area contributed by atoms with Crippen molar-refractivity contribution in [1.29, 1.82) is 0 Å². The van der Waals surface area contributed by atoms with E-state index in [0.717, 1.165) is 45.8 Å². The van der Waals surface area contributed by atoms with Gasteiger partial charge in [0.15, 0.2) is 0 Å². The van der Waals surface area contributed by atoms with E-state index in [-0.39, 0.29) is 0 Å². The Morgan fingerprint density at radius 1 is 1.19 bits per heavy atom. The number of hydrogen-bond donors (Lipinski definition) is 1. The Balaban J connectivity index is 1.82. The van der Waals surface area contributed by atoms with E-state index in [2.05, 4.69) is 11.4 Å². The summed E-state index contributed by atoms with van der Waals surface area (Å²) >= 11 is 0. The first-order chi connectivity index (χ1) is 7.93. The van der Waals surface area contributed by atoms with Gasteiger partial charge in [0, 0.05) is 26.9 Å². The molecular formula is C12H23NO3. The smallest absolute Gasteiger partial charge is 0.0704 e. The topological polar surface area (TPSA) is 39.7 Å². The van der Waals surface area contributed by atoms with Gasteiger partial charge in [0.25, 0.3) is 0 Å². The highest BCUT2D eigenvalue weighted by Gasteiger charge is 2.02. The number of rotatable bonds is 9. The predicted octanol–water partition coefficient (Wildman–Crippen LogP) is 0.976. The molecule has 0 radical (unpaired) electrons. The van der Waals surface area contributed by atoms with E-state index in [9.17, 15) is 0 Å². The number of ether oxygens (including phenoxy) is 3. The highest BCUT2D eigenvalue weighted by molar-refractivity contribution is 5.06. The summed E-state index contributed by atoms with van der Waals surface area (Å²) in [7, 11) is 1.70. The van der Waals surface area contributed by atoms with Crippen molar-refractivity contribution in [3.05, 3.63) is 11.6 Å². The van der Waals surface area contributed by atoms with Crippen LogP contribution in [-0.2, 0) is 14.2 Å². The summed E-state index contributed by atoms with van der Waals surface area (Å²) < 4.78 is 15.8. The van der Waals surface area contributed by atoms with Crippen molar-refractivity contribution in [3.8, 4) is 0 Å². The van der Waals surface area contributed by atoms with Crippen LogP contribution in [0.1, 0.15) is 12.8 Å². The van der Waals surface area contributed by atoms with Gasteiger partial charge in [-0.15, -0.1) is 0 Å². The van der Waals surface area contributed by atoms with Gasteiger partial charge in [-0.25, -0.2) is 0 Å². The van der Waals surface area contributed by atoms with Crippen LogP contribution in [0.3, 0.4) is 0 Å². The Hall–Kier alpha value is -0.420. The Kier molecular flexibility index (Phi) is 8.34. The standard InChI is InChI=1S/C12H23NO3/c1-14-7-2-8-15-9-10-16-11-12-3-5-13-6-4-12/h3,13H,2,4-11H2,1H3. The maximum absolute atomic E-state index is 5.53. The van der Waals surface area contributed by atoms with E-state index in [0.29, 0.717) is 13.2 Å². The molecule has 1 N–H and O–H groups in total. The van der Waals surface area contributed by atoms with Crippen LogP contribution in [0.5, 0.6) is 0 Å². The summed E-state index contributed by atoms with van der Waals surface area (Å²) in [5.74, 6) is 0. The Morgan fingerprint density at radius 2 is 2.06 bits per heavy atom. The van der Waals surface area contributed by atoms with Crippen LogP contribution >= 0.6 is 0 Å². The predicted molar refractivity (Wildman–Crippen MR) is 63.7 cm³/mol. The SMILES string of the molecule is COCCCOCCOCC1=CCNCC1. The van der Waals surface area contributed by atoms with Crippen molar-refractivity contribution >= 4 is 0 Å². The van der Waals surface area contributed by atoms with Crippen molar-refractivity contribution in [1.82, 2.24) is 5.32 Å². The molecule has 0 aliphatic carbocycles. The molecule has 0 unspecified atom stereocenters. The van der Waals surface area contributed by atoms with E-state index in [1.807, 2.05) is 0 Å². The molecule has 1 rings (SSSR count). The van der Waals surface area contributed by atoms with Gasteiger partial charge in [0.1, 0.15) is 0 Å². The zero-order valence-electron chi connectivity index (χ0n) is 10.2. The average molecular weight is 229 g/mol. The van der Waals surface area contributed by atoms with Crippen molar-refractivity contribution < 1.29 is 14.2 Å². The zero-order valence-corrected chi connectivity index (χ0v) is 10.2. The minimum Gasteiger partial charge on any atom is -0.385 e. The number of methoxy groups -OCH3 is 1. The minimum absolute atomic E-state index is 0.676.